The van der Waals surface area contributed by atoms with E-state index in [2.05, 4.69) is 10.6 Å². The largest absolute Gasteiger partial charge is 0.388 e. The fraction of sp³-hybridized carbons (Fsp3) is 0.615. The molecule has 0 unspecified atom stereocenters. The summed E-state index contributed by atoms with van der Waals surface area (Å²) in [5.74, 6) is 0. The van der Waals surface area contributed by atoms with Crippen LogP contribution in [0.3, 0.4) is 0 Å². The standard InChI is InChI=1S/C13H19ClN2O3S/c14-11-2-1-10(20-11)3-6-15-12(17)16-9-13(18)4-7-19-8-5-13/h1-2,18H,3-9H2,(H2,15,16,17). The molecule has 0 spiro atoms. The molecule has 0 radical (unpaired) electrons. The molecule has 2 rings (SSSR count). The molecule has 0 saturated carbocycles. The Morgan fingerprint density at radius 3 is 2.80 bits per heavy atom. The third kappa shape index (κ3) is 4.94. The summed E-state index contributed by atoms with van der Waals surface area (Å²) < 4.78 is 5.95. The zero-order valence-electron chi connectivity index (χ0n) is 11.2. The van der Waals surface area contributed by atoms with Crippen LogP contribution < -0.4 is 10.6 Å². The maximum atomic E-state index is 11.6. The zero-order valence-corrected chi connectivity index (χ0v) is 12.7. The van der Waals surface area contributed by atoms with Crippen LogP contribution in [0.2, 0.25) is 4.34 Å². The van der Waals surface area contributed by atoms with E-state index in [4.69, 9.17) is 16.3 Å². The zero-order chi connectivity index (χ0) is 14.4. The van der Waals surface area contributed by atoms with Crippen molar-refractivity contribution >= 4 is 29.0 Å². The van der Waals surface area contributed by atoms with Gasteiger partial charge in [-0.2, -0.15) is 0 Å². The molecule has 7 heteroatoms. The summed E-state index contributed by atoms with van der Waals surface area (Å²) in [5.41, 5.74) is -0.836. The van der Waals surface area contributed by atoms with E-state index in [9.17, 15) is 9.90 Å². The van der Waals surface area contributed by atoms with E-state index in [0.29, 0.717) is 32.6 Å². The van der Waals surface area contributed by atoms with Crippen LogP contribution in [-0.4, -0.2) is 43.0 Å². The molecule has 2 amide bonds. The first-order valence-electron chi connectivity index (χ1n) is 6.63. The third-order valence-electron chi connectivity index (χ3n) is 3.29. The van der Waals surface area contributed by atoms with Gasteiger partial charge >= 0.3 is 6.03 Å². The van der Waals surface area contributed by atoms with Gasteiger partial charge in [-0.05, 0) is 18.6 Å². The van der Waals surface area contributed by atoms with Gasteiger partial charge in [0, 0.05) is 44.0 Å². The number of amides is 2. The molecule has 1 aliphatic rings. The highest BCUT2D eigenvalue weighted by Gasteiger charge is 2.29. The van der Waals surface area contributed by atoms with Crippen molar-refractivity contribution in [1.29, 1.82) is 0 Å². The smallest absolute Gasteiger partial charge is 0.314 e. The molecule has 0 aliphatic carbocycles. The van der Waals surface area contributed by atoms with Crippen molar-refractivity contribution in [2.45, 2.75) is 24.9 Å². The van der Waals surface area contributed by atoms with Crippen molar-refractivity contribution in [1.82, 2.24) is 10.6 Å². The van der Waals surface area contributed by atoms with Crippen molar-refractivity contribution in [3.63, 3.8) is 0 Å². The van der Waals surface area contributed by atoms with Crippen LogP contribution in [-0.2, 0) is 11.2 Å². The second-order valence-electron chi connectivity index (χ2n) is 4.90. The maximum Gasteiger partial charge on any atom is 0.314 e. The summed E-state index contributed by atoms with van der Waals surface area (Å²) in [7, 11) is 0. The maximum absolute atomic E-state index is 11.6. The van der Waals surface area contributed by atoms with Crippen LogP contribution in [0.4, 0.5) is 4.79 Å². The summed E-state index contributed by atoms with van der Waals surface area (Å²) in [6.07, 6.45) is 1.87. The summed E-state index contributed by atoms with van der Waals surface area (Å²) in [5, 5.41) is 15.7. The Hall–Kier alpha value is -0.820. The lowest BCUT2D eigenvalue weighted by molar-refractivity contribution is -0.0600. The number of hydrogen-bond donors (Lipinski definition) is 3. The van der Waals surface area contributed by atoms with Gasteiger partial charge in [-0.1, -0.05) is 11.6 Å². The van der Waals surface area contributed by atoms with Crippen molar-refractivity contribution in [3.05, 3.63) is 21.3 Å². The van der Waals surface area contributed by atoms with Crippen molar-refractivity contribution in [2.24, 2.45) is 0 Å². The number of carbonyl (C=O) groups is 1. The molecule has 5 nitrogen and oxygen atoms in total. The Bertz CT molecular complexity index is 447. The lowest BCUT2D eigenvalue weighted by atomic mass is 9.94. The number of halogens is 1. The predicted octanol–water partition coefficient (Wildman–Crippen LogP) is 1.78. The minimum Gasteiger partial charge on any atom is -0.388 e. The average Bonchev–Trinajstić information content (AvgIpc) is 2.83. The third-order valence-corrected chi connectivity index (χ3v) is 4.58. The molecule has 1 aliphatic heterocycles. The van der Waals surface area contributed by atoms with Gasteiger partial charge in [-0.15, -0.1) is 11.3 Å². The van der Waals surface area contributed by atoms with Gasteiger partial charge in [0.15, 0.2) is 0 Å². The molecule has 0 aromatic carbocycles. The Morgan fingerprint density at radius 2 is 2.15 bits per heavy atom. The van der Waals surface area contributed by atoms with Gasteiger partial charge in [-0.25, -0.2) is 4.79 Å². The highest BCUT2D eigenvalue weighted by molar-refractivity contribution is 7.16. The van der Waals surface area contributed by atoms with E-state index < -0.39 is 5.60 Å². The number of hydrogen-bond acceptors (Lipinski definition) is 4. The minimum absolute atomic E-state index is 0.257. The van der Waals surface area contributed by atoms with Gasteiger partial charge in [0.2, 0.25) is 0 Å². The summed E-state index contributed by atoms with van der Waals surface area (Å²) in [4.78, 5) is 12.8. The molecular weight excluding hydrogens is 300 g/mol. The Balaban J connectivity index is 1.62. The highest BCUT2D eigenvalue weighted by atomic mass is 35.5. The van der Waals surface area contributed by atoms with Gasteiger partial charge in [-0.3, -0.25) is 0 Å². The molecule has 20 heavy (non-hydrogen) atoms. The molecule has 2 heterocycles. The molecular formula is C13H19ClN2O3S. The number of urea groups is 1. The molecule has 1 aromatic heterocycles. The number of carbonyl (C=O) groups excluding carboxylic acids is 1. The van der Waals surface area contributed by atoms with E-state index >= 15 is 0 Å². The average molecular weight is 319 g/mol. The second kappa shape index (κ2) is 7.26. The van der Waals surface area contributed by atoms with E-state index in [1.807, 2.05) is 12.1 Å². The van der Waals surface area contributed by atoms with E-state index in [1.165, 1.54) is 11.3 Å². The lowest BCUT2D eigenvalue weighted by Crippen LogP contribution is -2.49. The van der Waals surface area contributed by atoms with E-state index in [0.717, 1.165) is 15.6 Å². The van der Waals surface area contributed by atoms with E-state index in [-0.39, 0.29) is 12.6 Å². The number of ether oxygens (including phenoxy) is 1. The summed E-state index contributed by atoms with van der Waals surface area (Å²) >= 11 is 7.35. The van der Waals surface area contributed by atoms with Crippen molar-refractivity contribution < 1.29 is 14.6 Å². The second-order valence-corrected chi connectivity index (χ2v) is 6.70. The normalized spacial score (nSPS) is 17.7. The van der Waals surface area contributed by atoms with Gasteiger partial charge < -0.3 is 20.5 Å². The predicted molar refractivity (Wildman–Crippen MR) is 79.4 cm³/mol. The molecule has 1 saturated heterocycles. The van der Waals surface area contributed by atoms with E-state index in [1.54, 1.807) is 0 Å². The number of thiophene rings is 1. The van der Waals surface area contributed by atoms with Crippen LogP contribution in [0.25, 0.3) is 0 Å². The van der Waals surface area contributed by atoms with Crippen molar-refractivity contribution in [3.8, 4) is 0 Å². The number of nitrogens with one attached hydrogen (secondary N) is 2. The SMILES string of the molecule is O=C(NCCc1ccc(Cl)s1)NCC1(O)CCOCC1. The first kappa shape index (κ1) is 15.6. The Kier molecular flexibility index (Phi) is 5.65. The summed E-state index contributed by atoms with van der Waals surface area (Å²) in [6, 6.07) is 3.55. The summed E-state index contributed by atoms with van der Waals surface area (Å²) in [6.45, 7) is 1.88. The molecule has 112 valence electrons. The molecule has 3 N–H and O–H groups in total. The van der Waals surface area contributed by atoms with Crippen LogP contribution in [0, 0.1) is 0 Å². The number of aliphatic hydroxyl groups is 1. The van der Waals surface area contributed by atoms with Crippen LogP contribution in [0.15, 0.2) is 12.1 Å². The lowest BCUT2D eigenvalue weighted by Gasteiger charge is -2.32. The Morgan fingerprint density at radius 1 is 1.40 bits per heavy atom. The van der Waals surface area contributed by atoms with Gasteiger partial charge in [0.05, 0.1) is 9.94 Å². The first-order valence-corrected chi connectivity index (χ1v) is 7.83. The van der Waals surface area contributed by atoms with Crippen LogP contribution in [0.5, 0.6) is 0 Å². The molecule has 0 bridgehead atoms. The van der Waals surface area contributed by atoms with Crippen molar-refractivity contribution in [2.75, 3.05) is 26.3 Å². The van der Waals surface area contributed by atoms with Gasteiger partial charge in [0.25, 0.3) is 0 Å². The topological polar surface area (TPSA) is 70.6 Å². The van der Waals surface area contributed by atoms with Crippen LogP contribution >= 0.6 is 22.9 Å². The first-order chi connectivity index (χ1) is 9.57. The molecule has 1 fully saturated rings. The highest BCUT2D eigenvalue weighted by Crippen LogP contribution is 2.21. The minimum atomic E-state index is -0.836. The Labute approximate surface area is 127 Å². The fourth-order valence-corrected chi connectivity index (χ4v) is 3.11. The number of rotatable bonds is 5. The van der Waals surface area contributed by atoms with Gasteiger partial charge in [0.1, 0.15) is 0 Å². The fourth-order valence-electron chi connectivity index (χ4n) is 2.02. The molecule has 1 aromatic rings. The monoisotopic (exact) mass is 318 g/mol. The van der Waals surface area contributed by atoms with Crippen LogP contribution in [0.1, 0.15) is 17.7 Å². The quantitative estimate of drug-likeness (QED) is 0.775. The molecule has 0 atom stereocenters.